The Kier molecular flexibility index (Phi) is 4.74. The molecule has 0 unspecified atom stereocenters. The number of hydrogen-bond donors (Lipinski definition) is 2. The third-order valence-electron chi connectivity index (χ3n) is 6.45. The van der Waals surface area contributed by atoms with E-state index in [1.54, 1.807) is 4.90 Å². The van der Waals surface area contributed by atoms with Crippen molar-refractivity contribution in [3.05, 3.63) is 54.1 Å². The molecule has 8 heteroatoms. The van der Waals surface area contributed by atoms with Crippen LogP contribution in [0.5, 0.6) is 0 Å². The predicted octanol–water partition coefficient (Wildman–Crippen LogP) is 1.87. The Balaban J connectivity index is 1.53. The highest BCUT2D eigenvalue weighted by molar-refractivity contribution is 5.95. The van der Waals surface area contributed by atoms with Gasteiger partial charge in [-0.15, -0.1) is 0 Å². The zero-order chi connectivity index (χ0) is 20.6. The van der Waals surface area contributed by atoms with Gasteiger partial charge in [0.1, 0.15) is 0 Å². The summed E-state index contributed by atoms with van der Waals surface area (Å²) in [6.07, 6.45) is 6.61. The molecule has 1 saturated heterocycles. The van der Waals surface area contributed by atoms with Gasteiger partial charge in [0.25, 0.3) is 5.91 Å². The smallest absolute Gasteiger partial charge is 0.322 e. The van der Waals surface area contributed by atoms with Crippen LogP contribution in [0.15, 0.2) is 42.7 Å². The number of primary amides is 1. The fraction of sp³-hybridized carbons (Fsp3) is 0.429. The van der Waals surface area contributed by atoms with Crippen molar-refractivity contribution in [2.45, 2.75) is 36.8 Å². The van der Waals surface area contributed by atoms with Gasteiger partial charge in [-0.2, -0.15) is 0 Å². The highest BCUT2D eigenvalue weighted by atomic mass is 16.2. The summed E-state index contributed by atoms with van der Waals surface area (Å²) in [5.41, 5.74) is 6.78. The summed E-state index contributed by atoms with van der Waals surface area (Å²) in [7, 11) is 4.25. The number of benzene rings is 1. The van der Waals surface area contributed by atoms with Gasteiger partial charge in [-0.25, -0.2) is 14.8 Å². The van der Waals surface area contributed by atoms with Gasteiger partial charge in [-0.1, -0.05) is 30.3 Å². The lowest BCUT2D eigenvalue weighted by Gasteiger charge is -2.48. The van der Waals surface area contributed by atoms with Crippen molar-refractivity contribution in [2.75, 3.05) is 25.5 Å². The van der Waals surface area contributed by atoms with E-state index in [2.05, 4.69) is 58.5 Å². The Labute approximate surface area is 170 Å². The Morgan fingerprint density at radius 2 is 1.72 bits per heavy atom. The number of nitrogens with one attached hydrogen (secondary N) is 1. The summed E-state index contributed by atoms with van der Waals surface area (Å²) in [6, 6.07) is 10.4. The summed E-state index contributed by atoms with van der Waals surface area (Å²) < 4.78 is 0. The topological polar surface area (TPSA) is 104 Å². The highest BCUT2D eigenvalue weighted by Crippen LogP contribution is 2.46. The molecule has 4 rings (SSSR count). The highest BCUT2D eigenvalue weighted by Gasteiger charge is 2.50. The number of carbonyl (C=O) groups excluding carboxylic acids is 2. The molecule has 0 atom stereocenters. The van der Waals surface area contributed by atoms with Crippen LogP contribution in [0, 0.1) is 0 Å². The van der Waals surface area contributed by atoms with Gasteiger partial charge in [0.2, 0.25) is 5.82 Å². The van der Waals surface area contributed by atoms with Crippen LogP contribution in [-0.2, 0) is 5.54 Å². The molecule has 0 radical (unpaired) electrons. The number of anilines is 1. The number of urea groups is 1. The molecule has 2 aromatic rings. The third-order valence-corrected chi connectivity index (χ3v) is 6.45. The number of aromatic nitrogens is 2. The molecule has 1 saturated carbocycles. The van der Waals surface area contributed by atoms with E-state index in [1.807, 2.05) is 6.07 Å². The van der Waals surface area contributed by atoms with Gasteiger partial charge in [-0.05, 0) is 45.3 Å². The van der Waals surface area contributed by atoms with Crippen molar-refractivity contribution in [3.8, 4) is 0 Å². The zero-order valence-corrected chi connectivity index (χ0v) is 16.8. The molecule has 2 aliphatic rings. The molecule has 8 nitrogen and oxygen atoms in total. The molecule has 2 heterocycles. The molecule has 1 spiro atoms. The van der Waals surface area contributed by atoms with Crippen LogP contribution in [0.2, 0.25) is 0 Å². The second-order valence-corrected chi connectivity index (χ2v) is 8.22. The first-order chi connectivity index (χ1) is 13.9. The molecule has 152 valence electrons. The molecule has 1 aromatic carbocycles. The van der Waals surface area contributed by atoms with Crippen LogP contribution < -0.4 is 16.0 Å². The van der Waals surface area contributed by atoms with Crippen molar-refractivity contribution in [1.29, 1.82) is 0 Å². The van der Waals surface area contributed by atoms with E-state index < -0.39 is 5.91 Å². The normalized spacial score (nSPS) is 26.7. The Morgan fingerprint density at radius 1 is 1.10 bits per heavy atom. The van der Waals surface area contributed by atoms with E-state index in [4.69, 9.17) is 5.73 Å². The lowest BCUT2D eigenvalue weighted by molar-refractivity contribution is 0.0658. The van der Waals surface area contributed by atoms with Crippen LogP contribution in [-0.4, -0.2) is 53.0 Å². The Hall–Kier alpha value is -3.00. The average Bonchev–Trinajstić information content (AvgIpc) is 3.05. The van der Waals surface area contributed by atoms with Gasteiger partial charge in [-0.3, -0.25) is 14.6 Å². The minimum absolute atomic E-state index is 0.0308. The molecule has 29 heavy (non-hydrogen) atoms. The summed E-state index contributed by atoms with van der Waals surface area (Å²) in [6.45, 7) is 0.559. The first-order valence-corrected chi connectivity index (χ1v) is 9.80. The molecule has 0 bridgehead atoms. The van der Waals surface area contributed by atoms with Gasteiger partial charge < -0.3 is 11.1 Å². The minimum Gasteiger partial charge on any atom is -0.363 e. The van der Waals surface area contributed by atoms with Gasteiger partial charge in [0.05, 0.1) is 30.2 Å². The number of hydrogen-bond acceptors (Lipinski definition) is 5. The molecular weight excluding hydrogens is 368 g/mol. The van der Waals surface area contributed by atoms with E-state index >= 15 is 0 Å². The van der Waals surface area contributed by atoms with Crippen molar-refractivity contribution in [1.82, 2.24) is 20.2 Å². The fourth-order valence-electron chi connectivity index (χ4n) is 4.67. The monoisotopic (exact) mass is 394 g/mol. The van der Waals surface area contributed by atoms with Crippen molar-refractivity contribution in [3.63, 3.8) is 0 Å². The van der Waals surface area contributed by atoms with Crippen molar-refractivity contribution in [2.24, 2.45) is 5.73 Å². The second-order valence-electron chi connectivity index (χ2n) is 8.22. The molecule has 1 aromatic heterocycles. The molecule has 3 amide bonds. The van der Waals surface area contributed by atoms with E-state index in [0.29, 0.717) is 12.2 Å². The number of amides is 3. The van der Waals surface area contributed by atoms with Crippen LogP contribution in [0.1, 0.15) is 41.9 Å². The zero-order valence-electron chi connectivity index (χ0n) is 16.8. The first-order valence-electron chi connectivity index (χ1n) is 9.80. The van der Waals surface area contributed by atoms with Crippen LogP contribution in [0.3, 0.4) is 0 Å². The SMILES string of the molecule is CN(C)C1(c2ccccc2)CCC2(CC1)CN(c1cnc(C(N)=O)nc1)C(=O)N2. The maximum atomic E-state index is 12.7. The number of rotatable bonds is 4. The van der Waals surface area contributed by atoms with Gasteiger partial charge in [0.15, 0.2) is 0 Å². The van der Waals surface area contributed by atoms with Gasteiger partial charge >= 0.3 is 6.03 Å². The van der Waals surface area contributed by atoms with E-state index in [9.17, 15) is 9.59 Å². The summed E-state index contributed by atoms with van der Waals surface area (Å²) in [5.74, 6) is -0.744. The second kappa shape index (κ2) is 7.11. The lowest BCUT2D eigenvalue weighted by atomic mass is 9.69. The van der Waals surface area contributed by atoms with Crippen LogP contribution in [0.4, 0.5) is 10.5 Å². The number of nitrogens with zero attached hydrogens (tertiary/aromatic N) is 4. The minimum atomic E-state index is -0.688. The first kappa shape index (κ1) is 19.3. The van der Waals surface area contributed by atoms with E-state index in [0.717, 1.165) is 25.7 Å². The predicted molar refractivity (Wildman–Crippen MR) is 109 cm³/mol. The van der Waals surface area contributed by atoms with E-state index in [-0.39, 0.29) is 22.9 Å². The summed E-state index contributed by atoms with van der Waals surface area (Å²) in [5, 5.41) is 3.20. The number of carbonyl (C=O) groups is 2. The van der Waals surface area contributed by atoms with Crippen LogP contribution >= 0.6 is 0 Å². The lowest BCUT2D eigenvalue weighted by Crippen LogP contribution is -2.54. The quantitative estimate of drug-likeness (QED) is 0.824. The largest absolute Gasteiger partial charge is 0.363 e. The molecule has 2 fully saturated rings. The number of nitrogens with two attached hydrogens (primary N) is 1. The van der Waals surface area contributed by atoms with E-state index in [1.165, 1.54) is 18.0 Å². The summed E-state index contributed by atoms with van der Waals surface area (Å²) >= 11 is 0. The molecular formula is C21H26N6O2. The summed E-state index contributed by atoms with van der Waals surface area (Å²) in [4.78, 5) is 35.7. The average molecular weight is 394 g/mol. The molecule has 1 aliphatic heterocycles. The van der Waals surface area contributed by atoms with Crippen LogP contribution in [0.25, 0.3) is 0 Å². The molecule has 3 N–H and O–H groups in total. The van der Waals surface area contributed by atoms with Gasteiger partial charge in [0, 0.05) is 5.54 Å². The standard InChI is InChI=1S/C21H26N6O2/c1-26(2)21(15-6-4-3-5-7-15)10-8-20(9-11-21)14-27(19(29)25-20)16-12-23-18(17(22)28)24-13-16/h3-7,12-13H,8-11,14H2,1-2H3,(H2,22,28)(H,25,29). The fourth-order valence-corrected chi connectivity index (χ4v) is 4.67. The third kappa shape index (κ3) is 3.33. The Bertz CT molecular complexity index is 905. The van der Waals surface area contributed by atoms with Crippen molar-refractivity contribution < 1.29 is 9.59 Å². The molecule has 1 aliphatic carbocycles. The maximum Gasteiger partial charge on any atom is 0.322 e. The maximum absolute atomic E-state index is 12.7. The Morgan fingerprint density at radius 3 is 2.28 bits per heavy atom. The van der Waals surface area contributed by atoms with Crippen molar-refractivity contribution >= 4 is 17.6 Å².